The Labute approximate surface area is 118 Å². The fourth-order valence-corrected chi connectivity index (χ4v) is 2.23. The number of halogens is 1. The molecular formula is C14H20ClNOS. The van der Waals surface area contributed by atoms with Crippen LogP contribution in [0.25, 0.3) is 0 Å². The van der Waals surface area contributed by atoms with Gasteiger partial charge in [0.2, 0.25) is 5.91 Å². The molecular weight excluding hydrogens is 266 g/mol. The molecule has 0 aromatic heterocycles. The number of carbonyl (C=O) groups excluding carboxylic acids is 1. The van der Waals surface area contributed by atoms with Gasteiger partial charge in [-0.2, -0.15) is 0 Å². The van der Waals surface area contributed by atoms with Gasteiger partial charge in [0.15, 0.2) is 0 Å². The van der Waals surface area contributed by atoms with Gasteiger partial charge in [-0.25, -0.2) is 0 Å². The van der Waals surface area contributed by atoms with Crippen molar-refractivity contribution in [1.29, 1.82) is 0 Å². The van der Waals surface area contributed by atoms with Crippen molar-refractivity contribution in [2.45, 2.75) is 32.6 Å². The fraction of sp³-hybridized carbons (Fsp3) is 0.500. The zero-order valence-corrected chi connectivity index (χ0v) is 12.6. The number of hydrogen-bond acceptors (Lipinski definition) is 2. The smallest absolute Gasteiger partial charge is 0.230 e. The van der Waals surface area contributed by atoms with Crippen LogP contribution in [0.1, 0.15) is 26.3 Å². The number of carbonyl (C=O) groups is 1. The molecule has 2 nitrogen and oxygen atoms in total. The maximum atomic E-state index is 11.6. The Morgan fingerprint density at radius 2 is 1.89 bits per heavy atom. The summed E-state index contributed by atoms with van der Waals surface area (Å²) in [6.07, 6.45) is 0. The Hall–Kier alpha value is -0.670. The molecule has 1 atom stereocenters. The van der Waals surface area contributed by atoms with Crippen LogP contribution in [-0.4, -0.2) is 17.7 Å². The third kappa shape index (κ3) is 5.78. The molecule has 18 heavy (non-hydrogen) atoms. The molecule has 1 aromatic rings. The van der Waals surface area contributed by atoms with Crippen molar-refractivity contribution in [2.24, 2.45) is 5.92 Å². The molecule has 0 bridgehead atoms. The standard InChI is InChI=1S/C14H20ClNOS/c1-10(2)11(3)16-14(17)9-18-8-12-4-6-13(15)7-5-12/h4-7,10-11H,8-9H2,1-3H3,(H,16,17)/t11-/m1/s1. The first-order valence-corrected chi connectivity index (χ1v) is 7.64. The quantitative estimate of drug-likeness (QED) is 0.863. The van der Waals surface area contributed by atoms with Crippen LogP contribution < -0.4 is 5.32 Å². The summed E-state index contributed by atoms with van der Waals surface area (Å²) in [4.78, 5) is 11.6. The minimum absolute atomic E-state index is 0.107. The Kier molecular flexibility index (Phi) is 6.58. The maximum Gasteiger partial charge on any atom is 0.230 e. The van der Waals surface area contributed by atoms with Crippen LogP contribution in [0, 0.1) is 5.92 Å². The lowest BCUT2D eigenvalue weighted by Gasteiger charge is -2.17. The van der Waals surface area contributed by atoms with Crippen molar-refractivity contribution < 1.29 is 4.79 Å². The van der Waals surface area contributed by atoms with Crippen LogP contribution in [0.3, 0.4) is 0 Å². The van der Waals surface area contributed by atoms with E-state index in [2.05, 4.69) is 19.2 Å². The minimum Gasteiger partial charge on any atom is -0.353 e. The molecule has 0 radical (unpaired) electrons. The molecule has 4 heteroatoms. The van der Waals surface area contributed by atoms with E-state index >= 15 is 0 Å². The van der Waals surface area contributed by atoms with Gasteiger partial charge >= 0.3 is 0 Å². The van der Waals surface area contributed by atoms with Crippen molar-refractivity contribution in [2.75, 3.05) is 5.75 Å². The number of amides is 1. The van der Waals surface area contributed by atoms with E-state index in [-0.39, 0.29) is 11.9 Å². The van der Waals surface area contributed by atoms with Gasteiger partial charge in [-0.15, -0.1) is 11.8 Å². The van der Waals surface area contributed by atoms with E-state index in [1.165, 1.54) is 5.56 Å². The van der Waals surface area contributed by atoms with E-state index in [1.54, 1.807) is 11.8 Å². The maximum absolute atomic E-state index is 11.6. The van der Waals surface area contributed by atoms with Gasteiger partial charge in [-0.1, -0.05) is 37.6 Å². The number of benzene rings is 1. The van der Waals surface area contributed by atoms with Crippen LogP contribution in [0.2, 0.25) is 5.02 Å². The van der Waals surface area contributed by atoms with Gasteiger partial charge < -0.3 is 5.32 Å². The van der Waals surface area contributed by atoms with Crippen molar-refractivity contribution in [3.8, 4) is 0 Å². The Morgan fingerprint density at radius 1 is 1.28 bits per heavy atom. The Balaban J connectivity index is 2.25. The van der Waals surface area contributed by atoms with Gasteiger partial charge in [0.05, 0.1) is 5.75 Å². The van der Waals surface area contributed by atoms with Crippen molar-refractivity contribution in [3.63, 3.8) is 0 Å². The SMILES string of the molecule is CC(C)[C@@H](C)NC(=O)CSCc1ccc(Cl)cc1. The summed E-state index contributed by atoms with van der Waals surface area (Å²) in [5.74, 6) is 1.91. The third-order valence-corrected chi connectivity index (χ3v) is 4.06. The molecule has 0 saturated carbocycles. The van der Waals surface area contributed by atoms with Gasteiger partial charge in [0.25, 0.3) is 0 Å². The molecule has 0 saturated heterocycles. The van der Waals surface area contributed by atoms with E-state index in [4.69, 9.17) is 11.6 Å². The topological polar surface area (TPSA) is 29.1 Å². The highest BCUT2D eigenvalue weighted by Gasteiger charge is 2.10. The first-order valence-electron chi connectivity index (χ1n) is 6.10. The predicted octanol–water partition coefficient (Wildman–Crippen LogP) is 3.73. The molecule has 0 fully saturated rings. The molecule has 0 unspecified atom stereocenters. The highest BCUT2D eigenvalue weighted by molar-refractivity contribution is 7.99. The molecule has 0 aliphatic heterocycles. The molecule has 0 aliphatic carbocycles. The second-order valence-electron chi connectivity index (χ2n) is 4.72. The molecule has 1 N–H and O–H groups in total. The van der Waals surface area contributed by atoms with Crippen molar-refractivity contribution in [1.82, 2.24) is 5.32 Å². The molecule has 0 aliphatic rings. The zero-order valence-electron chi connectivity index (χ0n) is 11.1. The van der Waals surface area contributed by atoms with E-state index in [0.29, 0.717) is 11.7 Å². The van der Waals surface area contributed by atoms with Gasteiger partial charge in [-0.05, 0) is 30.5 Å². The van der Waals surface area contributed by atoms with Gasteiger partial charge in [-0.3, -0.25) is 4.79 Å². The molecule has 0 heterocycles. The van der Waals surface area contributed by atoms with Crippen LogP contribution in [0.5, 0.6) is 0 Å². The van der Waals surface area contributed by atoms with Crippen LogP contribution in [-0.2, 0) is 10.5 Å². The first-order chi connectivity index (χ1) is 8.49. The lowest BCUT2D eigenvalue weighted by molar-refractivity contribution is -0.119. The summed E-state index contributed by atoms with van der Waals surface area (Å²) in [6.45, 7) is 6.24. The highest BCUT2D eigenvalue weighted by Crippen LogP contribution is 2.15. The summed E-state index contributed by atoms with van der Waals surface area (Å²) in [5.41, 5.74) is 1.19. The fourth-order valence-electron chi connectivity index (χ4n) is 1.30. The highest BCUT2D eigenvalue weighted by atomic mass is 35.5. The first kappa shape index (κ1) is 15.4. The Bertz CT molecular complexity index is 378. The number of hydrogen-bond donors (Lipinski definition) is 1. The molecule has 1 rings (SSSR count). The normalized spacial score (nSPS) is 12.5. The van der Waals surface area contributed by atoms with E-state index in [0.717, 1.165) is 10.8 Å². The summed E-state index contributed by atoms with van der Waals surface area (Å²) < 4.78 is 0. The Morgan fingerprint density at radius 3 is 2.44 bits per heavy atom. The summed E-state index contributed by atoms with van der Waals surface area (Å²) in [7, 11) is 0. The number of rotatable bonds is 6. The number of nitrogens with one attached hydrogen (secondary N) is 1. The number of thioether (sulfide) groups is 1. The lowest BCUT2D eigenvalue weighted by Crippen LogP contribution is -2.37. The van der Waals surface area contributed by atoms with Crippen LogP contribution in [0.4, 0.5) is 0 Å². The predicted molar refractivity (Wildman–Crippen MR) is 80.1 cm³/mol. The van der Waals surface area contributed by atoms with Gasteiger partial charge in [0.1, 0.15) is 0 Å². The average Bonchev–Trinajstić information content (AvgIpc) is 2.31. The summed E-state index contributed by atoms with van der Waals surface area (Å²) in [6, 6.07) is 7.96. The van der Waals surface area contributed by atoms with Crippen LogP contribution in [0.15, 0.2) is 24.3 Å². The molecule has 100 valence electrons. The van der Waals surface area contributed by atoms with E-state index < -0.39 is 0 Å². The minimum atomic E-state index is 0.107. The zero-order chi connectivity index (χ0) is 13.5. The van der Waals surface area contributed by atoms with E-state index in [1.807, 2.05) is 31.2 Å². The largest absolute Gasteiger partial charge is 0.353 e. The monoisotopic (exact) mass is 285 g/mol. The average molecular weight is 286 g/mol. The second kappa shape index (κ2) is 7.70. The molecule has 1 aromatic carbocycles. The second-order valence-corrected chi connectivity index (χ2v) is 6.14. The molecule has 1 amide bonds. The lowest BCUT2D eigenvalue weighted by atomic mass is 10.1. The summed E-state index contributed by atoms with van der Waals surface area (Å²) >= 11 is 7.43. The third-order valence-electron chi connectivity index (χ3n) is 2.80. The van der Waals surface area contributed by atoms with Crippen molar-refractivity contribution >= 4 is 29.3 Å². The van der Waals surface area contributed by atoms with Gasteiger partial charge in [0, 0.05) is 16.8 Å². The van der Waals surface area contributed by atoms with E-state index in [9.17, 15) is 4.79 Å². The van der Waals surface area contributed by atoms with Crippen molar-refractivity contribution in [3.05, 3.63) is 34.9 Å². The van der Waals surface area contributed by atoms with Crippen LogP contribution >= 0.6 is 23.4 Å². The molecule has 0 spiro atoms. The summed E-state index contributed by atoms with van der Waals surface area (Å²) in [5, 5.41) is 3.74.